The minimum atomic E-state index is -0.510. The van der Waals surface area contributed by atoms with Crippen molar-refractivity contribution in [3.8, 4) is 11.5 Å². The Kier molecular flexibility index (Phi) is 5.95. The molecule has 2 aliphatic carbocycles. The normalized spacial score (nSPS) is 21.6. The molecule has 4 heterocycles. The number of aromatic nitrogens is 4. The van der Waals surface area contributed by atoms with Crippen LogP contribution in [0.4, 0.5) is 11.6 Å². The molecular weight excluding hydrogens is 488 g/mol. The summed E-state index contributed by atoms with van der Waals surface area (Å²) in [5, 5.41) is 24.2. The van der Waals surface area contributed by atoms with Crippen molar-refractivity contribution < 1.29 is 14.6 Å². The second kappa shape index (κ2) is 9.45. The highest BCUT2D eigenvalue weighted by molar-refractivity contribution is 5.90. The molecule has 1 aliphatic heterocycles. The number of rotatable bonds is 8. The van der Waals surface area contributed by atoms with E-state index < -0.39 is 6.10 Å². The Bertz CT molecular complexity index is 1580. The van der Waals surface area contributed by atoms with E-state index in [1.807, 2.05) is 12.3 Å². The van der Waals surface area contributed by atoms with Gasteiger partial charge in [-0.25, -0.2) is 4.98 Å². The van der Waals surface area contributed by atoms with Gasteiger partial charge in [-0.2, -0.15) is 4.98 Å². The van der Waals surface area contributed by atoms with Crippen molar-refractivity contribution in [1.82, 2.24) is 24.4 Å². The Balaban J connectivity index is 1.38. The van der Waals surface area contributed by atoms with Crippen LogP contribution in [0.5, 0.6) is 11.5 Å². The topological polar surface area (TPSA) is 152 Å². The van der Waals surface area contributed by atoms with E-state index in [1.54, 1.807) is 34.8 Å². The van der Waals surface area contributed by atoms with E-state index in [-0.39, 0.29) is 17.4 Å². The van der Waals surface area contributed by atoms with E-state index >= 15 is 0 Å². The van der Waals surface area contributed by atoms with Gasteiger partial charge in [0.15, 0.2) is 22.9 Å². The Labute approximate surface area is 217 Å². The number of pyridine rings is 2. The number of nitrogens with zero attached hydrogens (tertiary/aromatic N) is 5. The lowest BCUT2D eigenvalue weighted by atomic mass is 9.88. The second-order valence-electron chi connectivity index (χ2n) is 9.60. The number of aryl methyl sites for hydroxylation is 1. The number of hydrogen-bond acceptors (Lipinski definition) is 10. The quantitative estimate of drug-likeness (QED) is 0.264. The molecule has 196 valence electrons. The largest absolute Gasteiger partial charge is 0.491 e. The van der Waals surface area contributed by atoms with E-state index in [1.165, 1.54) is 13.3 Å². The smallest absolute Gasteiger partial charge is 0.274 e. The van der Waals surface area contributed by atoms with Crippen LogP contribution in [0, 0.1) is 5.41 Å². The first-order valence-corrected chi connectivity index (χ1v) is 12.5. The van der Waals surface area contributed by atoms with Gasteiger partial charge in [0.2, 0.25) is 5.95 Å². The van der Waals surface area contributed by atoms with Crippen molar-refractivity contribution in [2.24, 2.45) is 12.0 Å². The maximum absolute atomic E-state index is 13.4. The average molecular weight is 517 g/mol. The predicted molar refractivity (Wildman–Crippen MR) is 143 cm³/mol. The van der Waals surface area contributed by atoms with Crippen LogP contribution in [-0.4, -0.2) is 49.9 Å². The second-order valence-corrected chi connectivity index (χ2v) is 9.60. The first-order chi connectivity index (χ1) is 18.5. The van der Waals surface area contributed by atoms with Crippen molar-refractivity contribution in [3.63, 3.8) is 0 Å². The van der Waals surface area contributed by atoms with Crippen molar-refractivity contribution in [3.05, 3.63) is 58.2 Å². The lowest BCUT2D eigenvalue weighted by molar-refractivity contribution is 0.0299. The number of aliphatic imine (C=N–C) groups is 1. The van der Waals surface area contributed by atoms with Gasteiger partial charge in [-0.15, -0.1) is 0 Å². The van der Waals surface area contributed by atoms with Gasteiger partial charge in [-0.3, -0.25) is 9.79 Å². The zero-order valence-corrected chi connectivity index (χ0v) is 21.0. The molecule has 0 aromatic carbocycles. The van der Waals surface area contributed by atoms with E-state index in [0.29, 0.717) is 52.3 Å². The summed E-state index contributed by atoms with van der Waals surface area (Å²) >= 11 is 0. The van der Waals surface area contributed by atoms with Gasteiger partial charge in [0.1, 0.15) is 16.9 Å². The fraction of sp³-hybridized carbons (Fsp3) is 0.346. The molecule has 0 spiro atoms. The van der Waals surface area contributed by atoms with Crippen LogP contribution in [0.3, 0.4) is 0 Å². The molecule has 0 amide bonds. The molecule has 38 heavy (non-hydrogen) atoms. The SMILES string of the molecule is COc1c(O/C(C=N)=C2\C=NC=CN2)cnc2nc(Nc3cc(C4CC4)cn([C@@H]4CC[C@H]4O)c3=O)n(C)c12. The first kappa shape index (κ1) is 23.9. The third-order valence-corrected chi connectivity index (χ3v) is 7.16. The van der Waals surface area contributed by atoms with Gasteiger partial charge in [0.05, 0.1) is 37.9 Å². The molecule has 0 bridgehead atoms. The standard InChI is InChI=1S/C26H28N8O4/c1-33-22-23(37-2)21(38-20(10-27)17-11-28-7-8-29-17)12-30-24(22)32-26(33)31-16-9-15(14-3-4-14)13-34(25(16)36)18-5-6-19(18)35/h7-14,18-19,27,29,35H,3-6H2,1-2H3,(H,30,31,32)/b20-17+,27-10?/t18-,19-/m1/s1. The number of imidazole rings is 1. The molecule has 2 atom stereocenters. The van der Waals surface area contributed by atoms with E-state index in [2.05, 4.69) is 25.6 Å². The lowest BCUT2D eigenvalue weighted by Gasteiger charge is -2.34. The molecule has 2 saturated carbocycles. The van der Waals surface area contributed by atoms with E-state index in [0.717, 1.165) is 31.0 Å². The summed E-state index contributed by atoms with van der Waals surface area (Å²) in [6.07, 6.45) is 12.4. The van der Waals surface area contributed by atoms with E-state index in [9.17, 15) is 9.90 Å². The van der Waals surface area contributed by atoms with Crippen LogP contribution >= 0.6 is 0 Å². The summed E-state index contributed by atoms with van der Waals surface area (Å²) in [5.74, 6) is 1.74. The molecule has 3 aliphatic rings. The summed E-state index contributed by atoms with van der Waals surface area (Å²) in [7, 11) is 3.31. The van der Waals surface area contributed by atoms with Gasteiger partial charge in [0, 0.05) is 25.6 Å². The number of ether oxygens (including phenoxy) is 2. The zero-order valence-electron chi connectivity index (χ0n) is 21.0. The molecular formula is C26H28N8O4. The minimum Gasteiger partial charge on any atom is -0.491 e. The highest BCUT2D eigenvalue weighted by Gasteiger charge is 2.33. The number of hydrogen-bond donors (Lipinski definition) is 4. The molecule has 3 aromatic heterocycles. The number of aliphatic hydroxyl groups is 1. The van der Waals surface area contributed by atoms with Crippen LogP contribution < -0.4 is 25.7 Å². The van der Waals surface area contributed by atoms with Crippen molar-refractivity contribution in [2.45, 2.75) is 43.7 Å². The lowest BCUT2D eigenvalue weighted by Crippen LogP contribution is -2.39. The molecule has 12 nitrogen and oxygen atoms in total. The number of nitrogens with one attached hydrogen (secondary N) is 3. The molecule has 0 radical (unpaired) electrons. The number of fused-ring (bicyclic) bond motifs is 1. The van der Waals surface area contributed by atoms with Crippen LogP contribution in [-0.2, 0) is 7.05 Å². The Hall–Kier alpha value is -4.45. The third-order valence-electron chi connectivity index (χ3n) is 7.16. The number of allylic oxidation sites excluding steroid dienone is 2. The summed E-state index contributed by atoms with van der Waals surface area (Å²) in [4.78, 5) is 26.5. The predicted octanol–water partition coefficient (Wildman–Crippen LogP) is 2.84. The van der Waals surface area contributed by atoms with Crippen molar-refractivity contribution >= 4 is 35.2 Å². The maximum Gasteiger partial charge on any atom is 0.274 e. The van der Waals surface area contributed by atoms with Gasteiger partial charge >= 0.3 is 0 Å². The number of anilines is 2. The van der Waals surface area contributed by atoms with Crippen LogP contribution in [0.1, 0.15) is 43.2 Å². The first-order valence-electron chi connectivity index (χ1n) is 12.5. The Morgan fingerprint density at radius 3 is 2.79 bits per heavy atom. The summed E-state index contributed by atoms with van der Waals surface area (Å²) in [6, 6.07) is 1.68. The minimum absolute atomic E-state index is 0.202. The average Bonchev–Trinajstić information content (AvgIpc) is 3.73. The molecule has 0 saturated heterocycles. The summed E-state index contributed by atoms with van der Waals surface area (Å²) < 4.78 is 15.1. The van der Waals surface area contributed by atoms with Gasteiger partial charge < -0.3 is 39.8 Å². The highest BCUT2D eigenvalue weighted by atomic mass is 16.5. The number of aliphatic hydroxyl groups excluding tert-OH is 1. The number of methoxy groups -OCH3 is 1. The molecule has 4 N–H and O–H groups in total. The fourth-order valence-electron chi connectivity index (χ4n) is 4.75. The van der Waals surface area contributed by atoms with Crippen LogP contribution in [0.2, 0.25) is 0 Å². The Morgan fingerprint density at radius 1 is 1.32 bits per heavy atom. The molecule has 6 rings (SSSR count). The summed E-state index contributed by atoms with van der Waals surface area (Å²) in [6.45, 7) is 0. The molecule has 2 fully saturated rings. The van der Waals surface area contributed by atoms with Crippen LogP contribution in [0.25, 0.3) is 11.2 Å². The maximum atomic E-state index is 13.4. The van der Waals surface area contributed by atoms with Gasteiger partial charge in [-0.1, -0.05) is 0 Å². The Morgan fingerprint density at radius 2 is 2.16 bits per heavy atom. The van der Waals surface area contributed by atoms with Gasteiger partial charge in [-0.05, 0) is 43.2 Å². The van der Waals surface area contributed by atoms with Gasteiger partial charge in [0.25, 0.3) is 5.56 Å². The van der Waals surface area contributed by atoms with Crippen molar-refractivity contribution in [1.29, 1.82) is 5.41 Å². The summed E-state index contributed by atoms with van der Waals surface area (Å²) in [5.41, 5.74) is 2.75. The molecule has 3 aromatic rings. The third kappa shape index (κ3) is 4.12. The van der Waals surface area contributed by atoms with Crippen LogP contribution in [0.15, 0.2) is 52.1 Å². The van der Waals surface area contributed by atoms with Crippen molar-refractivity contribution in [2.75, 3.05) is 12.4 Å². The zero-order chi connectivity index (χ0) is 26.4. The monoisotopic (exact) mass is 516 g/mol. The van der Waals surface area contributed by atoms with E-state index in [4.69, 9.17) is 14.9 Å². The fourth-order valence-corrected chi connectivity index (χ4v) is 4.75. The highest BCUT2D eigenvalue weighted by Crippen LogP contribution is 2.42. The molecule has 12 heteroatoms. The molecule has 0 unspecified atom stereocenters.